The molecule has 2 aliphatic rings. The zero-order valence-electron chi connectivity index (χ0n) is 19.1. The molecule has 1 amide bonds. The first kappa shape index (κ1) is 22.7. The van der Waals surface area contributed by atoms with Crippen LogP contribution in [0.4, 0.5) is 5.82 Å². The van der Waals surface area contributed by atoms with E-state index >= 15 is 0 Å². The standard InChI is InChI=1S/C24H32N4O3S/c1-18-16-19(2)23(20(3)17-18)32(30,31)28-10-7-21(8-11-28)24(29)27-14-12-26(13-15-27)22-6-4-5-9-25-22/h4-6,9,16-17,21H,7-8,10-15H2,1-3H3. The number of piperazine rings is 1. The van der Waals surface area contributed by atoms with Gasteiger partial charge in [-0.05, 0) is 56.9 Å². The van der Waals surface area contributed by atoms with Crippen LogP contribution in [0.1, 0.15) is 29.5 Å². The molecule has 0 radical (unpaired) electrons. The highest BCUT2D eigenvalue weighted by molar-refractivity contribution is 7.89. The van der Waals surface area contributed by atoms with Crippen LogP contribution in [0.15, 0.2) is 41.4 Å². The molecule has 3 heterocycles. The predicted molar refractivity (Wildman–Crippen MR) is 125 cm³/mol. The second kappa shape index (κ2) is 9.19. The zero-order valence-corrected chi connectivity index (χ0v) is 19.9. The van der Waals surface area contributed by atoms with Gasteiger partial charge in [0.2, 0.25) is 15.9 Å². The molecule has 4 rings (SSSR count). The third-order valence-corrected chi connectivity index (χ3v) is 8.78. The van der Waals surface area contributed by atoms with Gasteiger partial charge in [-0.25, -0.2) is 13.4 Å². The fourth-order valence-electron chi connectivity index (χ4n) is 5.00. The van der Waals surface area contributed by atoms with E-state index in [0.29, 0.717) is 43.9 Å². The van der Waals surface area contributed by atoms with Crippen molar-refractivity contribution in [3.8, 4) is 0 Å². The smallest absolute Gasteiger partial charge is 0.243 e. The van der Waals surface area contributed by atoms with E-state index in [-0.39, 0.29) is 11.8 Å². The summed E-state index contributed by atoms with van der Waals surface area (Å²) in [6.07, 6.45) is 2.93. The fraction of sp³-hybridized carbons (Fsp3) is 0.500. The maximum atomic E-state index is 13.3. The van der Waals surface area contributed by atoms with Crippen molar-refractivity contribution in [3.63, 3.8) is 0 Å². The summed E-state index contributed by atoms with van der Waals surface area (Å²) >= 11 is 0. The third-order valence-electron chi connectivity index (χ3n) is 6.57. The van der Waals surface area contributed by atoms with Gasteiger partial charge in [0, 0.05) is 51.4 Å². The lowest BCUT2D eigenvalue weighted by Gasteiger charge is -2.38. The van der Waals surface area contributed by atoms with Crippen molar-refractivity contribution in [1.29, 1.82) is 0 Å². The molecule has 0 aliphatic carbocycles. The second-order valence-electron chi connectivity index (χ2n) is 8.91. The van der Waals surface area contributed by atoms with Gasteiger partial charge in [-0.15, -0.1) is 0 Å². The quantitative estimate of drug-likeness (QED) is 0.707. The molecule has 0 atom stereocenters. The van der Waals surface area contributed by atoms with Gasteiger partial charge in [0.05, 0.1) is 4.90 Å². The monoisotopic (exact) mass is 456 g/mol. The molecule has 0 bridgehead atoms. The SMILES string of the molecule is Cc1cc(C)c(S(=O)(=O)N2CCC(C(=O)N3CCN(c4ccccn4)CC3)CC2)c(C)c1. The van der Waals surface area contributed by atoms with Gasteiger partial charge < -0.3 is 9.80 Å². The van der Waals surface area contributed by atoms with Crippen LogP contribution in [0.5, 0.6) is 0 Å². The average molecular weight is 457 g/mol. The summed E-state index contributed by atoms with van der Waals surface area (Å²) in [4.78, 5) is 22.0. The minimum absolute atomic E-state index is 0.108. The highest BCUT2D eigenvalue weighted by Gasteiger charge is 2.35. The highest BCUT2D eigenvalue weighted by atomic mass is 32.2. The van der Waals surface area contributed by atoms with Gasteiger partial charge in [0.15, 0.2) is 0 Å². The molecule has 0 saturated carbocycles. The van der Waals surface area contributed by atoms with Crippen LogP contribution in [0, 0.1) is 26.7 Å². The minimum atomic E-state index is -3.56. The van der Waals surface area contributed by atoms with Gasteiger partial charge in [-0.2, -0.15) is 4.31 Å². The van der Waals surface area contributed by atoms with E-state index in [2.05, 4.69) is 9.88 Å². The highest BCUT2D eigenvalue weighted by Crippen LogP contribution is 2.29. The molecule has 172 valence electrons. The third kappa shape index (κ3) is 4.52. The summed E-state index contributed by atoms with van der Waals surface area (Å²) in [7, 11) is -3.56. The number of hydrogen-bond acceptors (Lipinski definition) is 5. The van der Waals surface area contributed by atoms with E-state index in [4.69, 9.17) is 0 Å². The number of aromatic nitrogens is 1. The van der Waals surface area contributed by atoms with E-state index in [9.17, 15) is 13.2 Å². The Balaban J connectivity index is 1.35. The Kier molecular flexibility index (Phi) is 6.53. The van der Waals surface area contributed by atoms with Crippen LogP contribution in [0.2, 0.25) is 0 Å². The summed E-state index contributed by atoms with van der Waals surface area (Å²) in [5.41, 5.74) is 2.63. The molecule has 0 N–H and O–H groups in total. The lowest BCUT2D eigenvalue weighted by atomic mass is 9.96. The first-order chi connectivity index (χ1) is 15.3. The molecule has 0 spiro atoms. The molecule has 8 heteroatoms. The maximum Gasteiger partial charge on any atom is 0.243 e. The summed E-state index contributed by atoms with van der Waals surface area (Å²) in [6.45, 7) is 9.35. The van der Waals surface area contributed by atoms with Gasteiger partial charge in [0.25, 0.3) is 0 Å². The lowest BCUT2D eigenvalue weighted by molar-refractivity contribution is -0.137. The number of nitrogens with zero attached hydrogens (tertiary/aromatic N) is 4. The number of anilines is 1. The topological polar surface area (TPSA) is 73.8 Å². The lowest BCUT2D eigenvalue weighted by Crippen LogP contribution is -2.52. The first-order valence-corrected chi connectivity index (χ1v) is 12.7. The molecule has 1 aromatic carbocycles. The number of benzene rings is 1. The zero-order chi connectivity index (χ0) is 22.9. The largest absolute Gasteiger partial charge is 0.353 e. The van der Waals surface area contributed by atoms with Crippen molar-refractivity contribution in [2.75, 3.05) is 44.2 Å². The Morgan fingerprint density at radius 2 is 1.56 bits per heavy atom. The van der Waals surface area contributed by atoms with Crippen molar-refractivity contribution in [1.82, 2.24) is 14.2 Å². The van der Waals surface area contributed by atoms with E-state index in [0.717, 1.165) is 35.6 Å². The minimum Gasteiger partial charge on any atom is -0.353 e. The van der Waals surface area contributed by atoms with E-state index in [1.165, 1.54) is 0 Å². The Morgan fingerprint density at radius 1 is 0.938 bits per heavy atom. The Morgan fingerprint density at radius 3 is 2.12 bits per heavy atom. The van der Waals surface area contributed by atoms with Crippen molar-refractivity contribution in [3.05, 3.63) is 53.2 Å². The predicted octanol–water partition coefficient (Wildman–Crippen LogP) is 2.76. The number of amides is 1. The summed E-state index contributed by atoms with van der Waals surface area (Å²) < 4.78 is 28.2. The van der Waals surface area contributed by atoms with Crippen LogP contribution in [0.25, 0.3) is 0 Å². The number of rotatable bonds is 4. The van der Waals surface area contributed by atoms with E-state index < -0.39 is 10.0 Å². The molecular weight excluding hydrogens is 424 g/mol. The molecule has 7 nitrogen and oxygen atoms in total. The molecule has 2 fully saturated rings. The van der Waals surface area contributed by atoms with Crippen LogP contribution in [0.3, 0.4) is 0 Å². The van der Waals surface area contributed by atoms with Crippen molar-refractivity contribution in [2.24, 2.45) is 5.92 Å². The average Bonchev–Trinajstić information content (AvgIpc) is 2.78. The van der Waals surface area contributed by atoms with Crippen molar-refractivity contribution < 1.29 is 13.2 Å². The number of pyridine rings is 1. The second-order valence-corrected chi connectivity index (χ2v) is 10.8. The number of sulfonamides is 1. The van der Waals surface area contributed by atoms with Crippen LogP contribution in [-0.4, -0.2) is 67.8 Å². The van der Waals surface area contributed by atoms with Crippen LogP contribution >= 0.6 is 0 Å². The number of aryl methyl sites for hydroxylation is 3. The molecule has 32 heavy (non-hydrogen) atoms. The Labute approximate surface area is 191 Å². The summed E-state index contributed by atoms with van der Waals surface area (Å²) in [6, 6.07) is 9.70. The molecule has 2 aromatic rings. The number of piperidine rings is 1. The molecule has 1 aromatic heterocycles. The van der Waals surface area contributed by atoms with Gasteiger partial charge in [-0.3, -0.25) is 4.79 Å². The van der Waals surface area contributed by atoms with Gasteiger partial charge in [-0.1, -0.05) is 23.8 Å². The van der Waals surface area contributed by atoms with Crippen LogP contribution in [-0.2, 0) is 14.8 Å². The number of carbonyl (C=O) groups excluding carboxylic acids is 1. The normalized spacial score (nSPS) is 18.7. The van der Waals surface area contributed by atoms with Crippen LogP contribution < -0.4 is 4.90 Å². The number of hydrogen-bond donors (Lipinski definition) is 0. The van der Waals surface area contributed by atoms with Gasteiger partial charge in [0.1, 0.15) is 5.82 Å². The van der Waals surface area contributed by atoms with E-state index in [1.807, 2.05) is 56.0 Å². The molecule has 0 unspecified atom stereocenters. The van der Waals surface area contributed by atoms with Crippen molar-refractivity contribution >= 4 is 21.7 Å². The fourth-order valence-corrected chi connectivity index (χ4v) is 6.88. The van der Waals surface area contributed by atoms with Gasteiger partial charge >= 0.3 is 0 Å². The summed E-state index contributed by atoms with van der Waals surface area (Å²) in [5.74, 6) is 0.994. The van der Waals surface area contributed by atoms with Crippen molar-refractivity contribution in [2.45, 2.75) is 38.5 Å². The molecule has 2 saturated heterocycles. The Hall–Kier alpha value is -2.45. The first-order valence-electron chi connectivity index (χ1n) is 11.3. The number of carbonyl (C=O) groups is 1. The Bertz CT molecular complexity index is 1050. The van der Waals surface area contributed by atoms with E-state index in [1.54, 1.807) is 10.5 Å². The maximum absolute atomic E-state index is 13.3. The molecule has 2 aliphatic heterocycles. The molecular formula is C24H32N4O3S. The summed E-state index contributed by atoms with van der Waals surface area (Å²) in [5, 5.41) is 0.